The zero-order valence-corrected chi connectivity index (χ0v) is 20.2. The number of alkyl carbamates (subject to hydrolysis) is 1. The standard InChI is InChI=1S/C28H34N2O5/c1-2-7-19(27(33)29-16-20(14-26(31)32)18-12-13-18)15-30-28(34)35-17-25-23-10-5-3-8-21(23)22-9-4-6-11-24(22)25/h3-6,8-11,18-20,25H,2,7,12-17H2,1H3,(H,29,33)(H,30,34)(H,31,32). The molecule has 2 atom stereocenters. The number of carbonyl (C=O) groups excluding carboxylic acids is 2. The van der Waals surface area contributed by atoms with Gasteiger partial charge in [-0.3, -0.25) is 9.59 Å². The van der Waals surface area contributed by atoms with Crippen LogP contribution in [0.1, 0.15) is 56.1 Å². The van der Waals surface area contributed by atoms with Gasteiger partial charge < -0.3 is 20.5 Å². The lowest BCUT2D eigenvalue weighted by Gasteiger charge is -2.20. The SMILES string of the molecule is CCCC(CNC(=O)OCC1c2ccccc2-c2ccccc21)C(=O)NCC(CC(=O)O)C1CC1. The van der Waals surface area contributed by atoms with E-state index in [9.17, 15) is 14.4 Å². The van der Waals surface area contributed by atoms with Crippen LogP contribution in [0.25, 0.3) is 11.1 Å². The average molecular weight is 479 g/mol. The van der Waals surface area contributed by atoms with E-state index in [0.717, 1.165) is 30.4 Å². The Labute approximate surface area is 206 Å². The molecule has 1 saturated carbocycles. The second kappa shape index (κ2) is 11.4. The van der Waals surface area contributed by atoms with Crippen molar-refractivity contribution in [1.82, 2.24) is 10.6 Å². The molecule has 0 aromatic heterocycles. The molecule has 2 aliphatic rings. The van der Waals surface area contributed by atoms with Crippen LogP contribution in [0.3, 0.4) is 0 Å². The van der Waals surface area contributed by atoms with Crippen molar-refractivity contribution < 1.29 is 24.2 Å². The minimum atomic E-state index is -0.835. The van der Waals surface area contributed by atoms with Crippen LogP contribution in [-0.2, 0) is 14.3 Å². The molecule has 0 bridgehead atoms. The zero-order valence-electron chi connectivity index (χ0n) is 20.2. The summed E-state index contributed by atoms with van der Waals surface area (Å²) in [5, 5.41) is 14.8. The van der Waals surface area contributed by atoms with E-state index in [0.29, 0.717) is 18.9 Å². The third kappa shape index (κ3) is 6.21. The van der Waals surface area contributed by atoms with Gasteiger partial charge in [-0.15, -0.1) is 0 Å². The van der Waals surface area contributed by atoms with E-state index in [2.05, 4.69) is 34.9 Å². The fourth-order valence-electron chi connectivity index (χ4n) is 5.10. The summed E-state index contributed by atoms with van der Waals surface area (Å²) >= 11 is 0. The van der Waals surface area contributed by atoms with Gasteiger partial charge in [0, 0.05) is 19.0 Å². The topological polar surface area (TPSA) is 105 Å². The van der Waals surface area contributed by atoms with Crippen molar-refractivity contribution in [3.8, 4) is 11.1 Å². The predicted octanol–water partition coefficient (Wildman–Crippen LogP) is 4.56. The first kappa shape index (κ1) is 24.8. The lowest BCUT2D eigenvalue weighted by Crippen LogP contribution is -2.41. The first-order chi connectivity index (χ1) is 17.0. The molecular formula is C28H34N2O5. The molecule has 0 saturated heterocycles. The number of aliphatic carboxylic acids is 1. The maximum absolute atomic E-state index is 12.8. The van der Waals surface area contributed by atoms with Crippen molar-refractivity contribution in [1.29, 1.82) is 0 Å². The molecule has 2 unspecified atom stereocenters. The molecular weight excluding hydrogens is 444 g/mol. The van der Waals surface area contributed by atoms with Crippen LogP contribution in [0.2, 0.25) is 0 Å². The Morgan fingerprint density at radius 2 is 1.60 bits per heavy atom. The molecule has 0 spiro atoms. The third-order valence-corrected chi connectivity index (χ3v) is 7.11. The highest BCUT2D eigenvalue weighted by atomic mass is 16.5. The smallest absolute Gasteiger partial charge is 0.407 e. The molecule has 7 heteroatoms. The summed E-state index contributed by atoms with van der Waals surface area (Å²) in [5.74, 6) is -1.04. The van der Waals surface area contributed by atoms with Crippen molar-refractivity contribution in [2.45, 2.75) is 44.9 Å². The quantitative estimate of drug-likeness (QED) is 0.415. The third-order valence-electron chi connectivity index (χ3n) is 7.11. The number of carboxylic acids is 1. The number of fused-ring (bicyclic) bond motifs is 3. The number of hydrogen-bond donors (Lipinski definition) is 3. The van der Waals surface area contributed by atoms with Gasteiger partial charge in [-0.05, 0) is 53.4 Å². The monoisotopic (exact) mass is 478 g/mol. The summed E-state index contributed by atoms with van der Waals surface area (Å²) in [4.78, 5) is 36.4. The molecule has 2 aromatic carbocycles. The summed E-state index contributed by atoms with van der Waals surface area (Å²) in [6.07, 6.45) is 3.00. The van der Waals surface area contributed by atoms with Gasteiger partial charge in [0.2, 0.25) is 5.91 Å². The molecule has 4 rings (SSSR count). The second-order valence-electron chi connectivity index (χ2n) is 9.63. The largest absolute Gasteiger partial charge is 0.481 e. The van der Waals surface area contributed by atoms with Crippen molar-refractivity contribution >= 4 is 18.0 Å². The fourth-order valence-corrected chi connectivity index (χ4v) is 5.10. The highest BCUT2D eigenvalue weighted by Crippen LogP contribution is 2.44. The molecule has 0 radical (unpaired) electrons. The van der Waals surface area contributed by atoms with E-state index in [4.69, 9.17) is 9.84 Å². The highest BCUT2D eigenvalue weighted by molar-refractivity contribution is 5.80. The van der Waals surface area contributed by atoms with Gasteiger partial charge in [0.05, 0.1) is 12.3 Å². The normalized spacial score (nSPS) is 16.0. The van der Waals surface area contributed by atoms with E-state index in [1.54, 1.807) is 0 Å². The lowest BCUT2D eigenvalue weighted by atomic mass is 9.98. The molecule has 1 fully saturated rings. The fraction of sp³-hybridized carbons (Fsp3) is 0.464. The Hall–Kier alpha value is -3.35. The highest BCUT2D eigenvalue weighted by Gasteiger charge is 2.33. The molecule has 7 nitrogen and oxygen atoms in total. The Balaban J connectivity index is 1.28. The summed E-state index contributed by atoms with van der Waals surface area (Å²) in [6, 6.07) is 16.3. The van der Waals surface area contributed by atoms with Gasteiger partial charge in [-0.2, -0.15) is 0 Å². The summed E-state index contributed by atoms with van der Waals surface area (Å²) in [5.41, 5.74) is 4.64. The number of benzene rings is 2. The van der Waals surface area contributed by atoms with E-state index in [1.165, 1.54) is 11.1 Å². The van der Waals surface area contributed by atoms with Gasteiger partial charge in [0.1, 0.15) is 6.61 Å². The molecule has 2 aromatic rings. The lowest BCUT2D eigenvalue weighted by molar-refractivity contribution is -0.138. The van der Waals surface area contributed by atoms with Gasteiger partial charge in [0.15, 0.2) is 0 Å². The number of amides is 2. The Kier molecular flexibility index (Phi) is 8.06. The van der Waals surface area contributed by atoms with Gasteiger partial charge in [0.25, 0.3) is 0 Å². The summed E-state index contributed by atoms with van der Waals surface area (Å²) in [6.45, 7) is 2.76. The molecule has 35 heavy (non-hydrogen) atoms. The van der Waals surface area contributed by atoms with Crippen LogP contribution < -0.4 is 10.6 Å². The van der Waals surface area contributed by atoms with Crippen molar-refractivity contribution in [2.24, 2.45) is 17.8 Å². The van der Waals surface area contributed by atoms with E-state index >= 15 is 0 Å². The number of rotatable bonds is 12. The summed E-state index contributed by atoms with van der Waals surface area (Å²) in [7, 11) is 0. The van der Waals surface area contributed by atoms with E-state index in [1.807, 2.05) is 31.2 Å². The molecule has 3 N–H and O–H groups in total. The number of ether oxygens (including phenoxy) is 1. The predicted molar refractivity (Wildman–Crippen MR) is 133 cm³/mol. The summed E-state index contributed by atoms with van der Waals surface area (Å²) < 4.78 is 5.58. The van der Waals surface area contributed by atoms with Gasteiger partial charge >= 0.3 is 12.1 Å². The van der Waals surface area contributed by atoms with Crippen molar-refractivity contribution in [3.63, 3.8) is 0 Å². The van der Waals surface area contributed by atoms with Crippen LogP contribution in [-0.4, -0.2) is 42.8 Å². The minimum Gasteiger partial charge on any atom is -0.481 e. The first-order valence-electron chi connectivity index (χ1n) is 12.6. The molecule has 2 amide bonds. The maximum Gasteiger partial charge on any atom is 0.407 e. The Bertz CT molecular complexity index is 1020. The van der Waals surface area contributed by atoms with Gasteiger partial charge in [-0.1, -0.05) is 61.9 Å². The molecule has 0 aliphatic heterocycles. The van der Waals surface area contributed by atoms with Crippen LogP contribution in [0.15, 0.2) is 48.5 Å². The van der Waals surface area contributed by atoms with Crippen molar-refractivity contribution in [3.05, 3.63) is 59.7 Å². The van der Waals surface area contributed by atoms with Crippen molar-refractivity contribution in [2.75, 3.05) is 19.7 Å². The van der Waals surface area contributed by atoms with E-state index in [-0.39, 0.29) is 43.2 Å². The van der Waals surface area contributed by atoms with Gasteiger partial charge in [-0.25, -0.2) is 4.79 Å². The average Bonchev–Trinajstić information content (AvgIpc) is 3.65. The number of nitrogens with one attached hydrogen (secondary N) is 2. The van der Waals surface area contributed by atoms with Crippen LogP contribution in [0, 0.1) is 17.8 Å². The first-order valence-corrected chi connectivity index (χ1v) is 12.6. The number of hydrogen-bond acceptors (Lipinski definition) is 4. The molecule has 2 aliphatic carbocycles. The number of carboxylic acid groups (broad SMARTS) is 1. The minimum absolute atomic E-state index is 0.0171. The Morgan fingerprint density at radius 1 is 0.971 bits per heavy atom. The second-order valence-corrected chi connectivity index (χ2v) is 9.63. The number of carbonyl (C=O) groups is 3. The Morgan fingerprint density at radius 3 is 2.17 bits per heavy atom. The molecule has 0 heterocycles. The molecule has 186 valence electrons. The van der Waals surface area contributed by atoms with E-state index < -0.39 is 12.1 Å². The van der Waals surface area contributed by atoms with Crippen LogP contribution in [0.5, 0.6) is 0 Å². The zero-order chi connectivity index (χ0) is 24.8. The maximum atomic E-state index is 12.8. The van der Waals surface area contributed by atoms with Crippen LogP contribution in [0.4, 0.5) is 4.79 Å². The van der Waals surface area contributed by atoms with Crippen LogP contribution >= 0.6 is 0 Å².